The van der Waals surface area contributed by atoms with Gasteiger partial charge in [-0.25, -0.2) is 0 Å². The smallest absolute Gasteiger partial charge is 0.253 e. The van der Waals surface area contributed by atoms with Gasteiger partial charge in [-0.15, -0.1) is 0 Å². The lowest BCUT2D eigenvalue weighted by Crippen LogP contribution is -2.47. The molecule has 0 saturated carbocycles. The van der Waals surface area contributed by atoms with E-state index in [4.69, 9.17) is 4.74 Å². The molecule has 2 aromatic carbocycles. The molecule has 0 radical (unpaired) electrons. The molecule has 41 heavy (non-hydrogen) atoms. The lowest BCUT2D eigenvalue weighted by molar-refractivity contribution is -0.116. The van der Waals surface area contributed by atoms with E-state index in [1.54, 1.807) is 7.11 Å². The van der Waals surface area contributed by atoms with Crippen LogP contribution in [0.2, 0.25) is 0 Å². The highest BCUT2D eigenvalue weighted by Gasteiger charge is 2.24. The summed E-state index contributed by atoms with van der Waals surface area (Å²) >= 11 is 0. The van der Waals surface area contributed by atoms with Gasteiger partial charge in [0.25, 0.3) is 5.91 Å². The van der Waals surface area contributed by atoms with E-state index in [0.29, 0.717) is 24.2 Å². The van der Waals surface area contributed by atoms with Crippen molar-refractivity contribution in [2.24, 2.45) is 0 Å². The van der Waals surface area contributed by atoms with Gasteiger partial charge in [-0.3, -0.25) is 9.59 Å². The zero-order valence-corrected chi connectivity index (χ0v) is 25.7. The Bertz CT molecular complexity index is 1080. The highest BCUT2D eigenvalue weighted by atomic mass is 16.5. The number of carbonyl (C=O) groups excluding carboxylic acids is 2. The number of carbonyl (C=O) groups is 2. The molecule has 1 heterocycles. The molecule has 1 aliphatic heterocycles. The zero-order chi connectivity index (χ0) is 29.5. The predicted octanol–water partition coefficient (Wildman–Crippen LogP) is 5.78. The van der Waals surface area contributed by atoms with Crippen molar-refractivity contribution in [3.05, 3.63) is 48.0 Å². The minimum absolute atomic E-state index is 0.00840. The Kier molecular flexibility index (Phi) is 13.8. The summed E-state index contributed by atoms with van der Waals surface area (Å²) < 4.78 is 5.57. The molecule has 226 valence electrons. The third-order valence-corrected chi connectivity index (χ3v) is 7.65. The van der Waals surface area contributed by atoms with Crippen LogP contribution in [0.3, 0.4) is 0 Å². The summed E-state index contributed by atoms with van der Waals surface area (Å²) in [5, 5.41) is 6.13. The van der Waals surface area contributed by atoms with E-state index in [1.807, 2.05) is 50.5 Å². The van der Waals surface area contributed by atoms with E-state index in [9.17, 15) is 9.59 Å². The number of hydrogen-bond acceptors (Lipinski definition) is 6. The fourth-order valence-corrected chi connectivity index (χ4v) is 5.31. The molecular weight excluding hydrogens is 514 g/mol. The van der Waals surface area contributed by atoms with Crippen LogP contribution in [0.1, 0.15) is 75.1 Å². The highest BCUT2D eigenvalue weighted by Crippen LogP contribution is 2.31. The second kappa shape index (κ2) is 17.5. The van der Waals surface area contributed by atoms with Gasteiger partial charge in [-0.05, 0) is 63.8 Å². The number of ether oxygens (including phenoxy) is 1. The molecule has 2 aromatic rings. The van der Waals surface area contributed by atoms with Gasteiger partial charge in [-0.2, -0.15) is 0 Å². The summed E-state index contributed by atoms with van der Waals surface area (Å²) in [4.78, 5) is 32.8. The number of amides is 2. The van der Waals surface area contributed by atoms with Crippen molar-refractivity contribution in [3.63, 3.8) is 0 Å². The van der Waals surface area contributed by atoms with Crippen LogP contribution < -0.4 is 25.2 Å². The molecule has 0 bridgehead atoms. The fourth-order valence-electron chi connectivity index (χ4n) is 5.31. The van der Waals surface area contributed by atoms with Crippen LogP contribution in [0.5, 0.6) is 5.75 Å². The number of nitrogens with one attached hydrogen (secondary N) is 2. The first-order chi connectivity index (χ1) is 19.9. The third-order valence-electron chi connectivity index (χ3n) is 7.65. The van der Waals surface area contributed by atoms with E-state index in [2.05, 4.69) is 38.3 Å². The van der Waals surface area contributed by atoms with Crippen molar-refractivity contribution < 1.29 is 14.3 Å². The third kappa shape index (κ3) is 10.6. The quantitative estimate of drug-likeness (QED) is 0.237. The molecule has 1 aliphatic rings. The molecule has 3 rings (SSSR count). The van der Waals surface area contributed by atoms with Crippen LogP contribution in [0.15, 0.2) is 42.5 Å². The maximum absolute atomic E-state index is 13.4. The van der Waals surface area contributed by atoms with Gasteiger partial charge in [-0.1, -0.05) is 57.6 Å². The Labute approximate surface area is 247 Å². The first-order valence-corrected chi connectivity index (χ1v) is 15.4. The van der Waals surface area contributed by atoms with Gasteiger partial charge in [0.15, 0.2) is 0 Å². The number of unbranched alkanes of at least 4 members (excludes halogenated alkanes) is 6. The summed E-state index contributed by atoms with van der Waals surface area (Å²) in [5.41, 5.74) is 3.27. The number of piperazine rings is 1. The highest BCUT2D eigenvalue weighted by molar-refractivity contribution is 6.02. The lowest BCUT2D eigenvalue weighted by atomic mass is 10.1. The monoisotopic (exact) mass is 565 g/mol. The van der Waals surface area contributed by atoms with Crippen molar-refractivity contribution in [2.75, 3.05) is 75.6 Å². The Morgan fingerprint density at radius 2 is 1.51 bits per heavy atom. The standard InChI is InChI=1S/C33H51N5O3/c1-5-6-7-8-9-10-11-17-32(39)35-27-18-19-29(28(26-27)33(40)34-20-14-21-36(2)3)37-22-24-38(25-23-37)30-15-12-13-16-31(30)41-4/h12-13,15-16,18-19,26H,5-11,14,17,20-25H2,1-4H3,(H,34,40)(H,35,39). The molecule has 0 unspecified atom stereocenters. The van der Waals surface area contributed by atoms with Crippen LogP contribution in [-0.4, -0.2) is 77.2 Å². The molecule has 0 aliphatic carbocycles. The van der Waals surface area contributed by atoms with Crippen LogP contribution in [0.25, 0.3) is 0 Å². The van der Waals surface area contributed by atoms with E-state index in [0.717, 1.165) is 69.1 Å². The minimum atomic E-state index is -0.103. The maximum Gasteiger partial charge on any atom is 0.253 e. The van der Waals surface area contributed by atoms with Crippen LogP contribution in [0, 0.1) is 0 Å². The second-order valence-corrected chi connectivity index (χ2v) is 11.2. The lowest BCUT2D eigenvalue weighted by Gasteiger charge is -2.38. The second-order valence-electron chi connectivity index (χ2n) is 11.2. The average molecular weight is 566 g/mol. The molecule has 0 spiro atoms. The Morgan fingerprint density at radius 3 is 2.20 bits per heavy atom. The number of rotatable bonds is 17. The van der Waals surface area contributed by atoms with Crippen molar-refractivity contribution in [3.8, 4) is 5.75 Å². The Balaban J connectivity index is 1.64. The minimum Gasteiger partial charge on any atom is -0.495 e. The number of para-hydroxylation sites is 2. The summed E-state index contributed by atoms with van der Waals surface area (Å²) in [7, 11) is 5.76. The first kappa shape index (κ1) is 32.3. The van der Waals surface area contributed by atoms with Crippen LogP contribution in [0.4, 0.5) is 17.1 Å². The summed E-state index contributed by atoms with van der Waals surface area (Å²) in [6.45, 7) is 6.94. The van der Waals surface area contributed by atoms with Gasteiger partial charge in [0.05, 0.1) is 18.4 Å². The van der Waals surface area contributed by atoms with Gasteiger partial charge in [0.1, 0.15) is 5.75 Å². The van der Waals surface area contributed by atoms with Gasteiger partial charge < -0.3 is 30.1 Å². The molecular formula is C33H51N5O3. The molecule has 1 saturated heterocycles. The summed E-state index contributed by atoms with van der Waals surface area (Å²) in [6.07, 6.45) is 9.61. The number of nitrogens with zero attached hydrogens (tertiary/aromatic N) is 3. The van der Waals surface area contributed by atoms with Gasteiger partial charge in [0, 0.05) is 50.5 Å². The van der Waals surface area contributed by atoms with Crippen molar-refractivity contribution in [2.45, 2.75) is 64.7 Å². The van der Waals surface area contributed by atoms with Crippen molar-refractivity contribution in [1.29, 1.82) is 0 Å². The molecule has 2 N–H and O–H groups in total. The molecule has 8 nitrogen and oxygen atoms in total. The fraction of sp³-hybridized carbons (Fsp3) is 0.576. The Morgan fingerprint density at radius 1 is 0.854 bits per heavy atom. The van der Waals surface area contributed by atoms with Gasteiger partial charge in [0.2, 0.25) is 5.91 Å². The van der Waals surface area contributed by atoms with Crippen LogP contribution >= 0.6 is 0 Å². The molecule has 1 fully saturated rings. The molecule has 0 atom stereocenters. The van der Waals surface area contributed by atoms with Gasteiger partial charge >= 0.3 is 0 Å². The molecule has 2 amide bonds. The van der Waals surface area contributed by atoms with E-state index < -0.39 is 0 Å². The van der Waals surface area contributed by atoms with Crippen LogP contribution in [-0.2, 0) is 4.79 Å². The number of benzene rings is 2. The number of hydrogen-bond donors (Lipinski definition) is 2. The number of anilines is 3. The topological polar surface area (TPSA) is 77.1 Å². The Hall–Kier alpha value is -3.26. The van der Waals surface area contributed by atoms with Crippen molar-refractivity contribution in [1.82, 2.24) is 10.2 Å². The average Bonchev–Trinajstić information content (AvgIpc) is 2.98. The maximum atomic E-state index is 13.4. The molecule has 0 aromatic heterocycles. The van der Waals surface area contributed by atoms with E-state index in [-0.39, 0.29) is 11.8 Å². The normalized spacial score (nSPS) is 13.4. The van der Waals surface area contributed by atoms with Crippen molar-refractivity contribution >= 4 is 28.9 Å². The van der Waals surface area contributed by atoms with E-state index in [1.165, 1.54) is 32.1 Å². The number of methoxy groups -OCH3 is 1. The summed E-state index contributed by atoms with van der Waals surface area (Å²) in [6, 6.07) is 13.8. The zero-order valence-electron chi connectivity index (χ0n) is 25.7. The largest absolute Gasteiger partial charge is 0.495 e. The molecule has 8 heteroatoms. The predicted molar refractivity (Wildman–Crippen MR) is 171 cm³/mol. The summed E-state index contributed by atoms with van der Waals surface area (Å²) in [5.74, 6) is 0.776. The van der Waals surface area contributed by atoms with E-state index >= 15 is 0 Å². The SMILES string of the molecule is CCCCCCCCCC(=O)Nc1ccc(N2CCN(c3ccccc3OC)CC2)c(C(=O)NCCCN(C)C)c1. The first-order valence-electron chi connectivity index (χ1n) is 15.4.